The summed E-state index contributed by atoms with van der Waals surface area (Å²) < 4.78 is 0. The van der Waals surface area contributed by atoms with Gasteiger partial charge in [0.2, 0.25) is 0 Å². The van der Waals surface area contributed by atoms with Crippen LogP contribution in [0.3, 0.4) is 0 Å². The number of carbonyl (C=O) groups excluding carboxylic acids is 1. The first kappa shape index (κ1) is 13.4. The number of hydrogen-bond acceptors (Lipinski definition) is 4. The highest BCUT2D eigenvalue weighted by Gasteiger charge is 2.24. The lowest BCUT2D eigenvalue weighted by Crippen LogP contribution is -2.19. The number of benzene rings is 1. The molecule has 98 valence electrons. The molecule has 2 rings (SSSR count). The molecule has 0 spiro atoms. The third-order valence-corrected chi connectivity index (χ3v) is 3.11. The molecule has 0 saturated heterocycles. The summed E-state index contributed by atoms with van der Waals surface area (Å²) in [5, 5.41) is 17.2. The first-order chi connectivity index (χ1) is 9.47. The topological polar surface area (TPSA) is 103 Å². The molecule has 0 unspecified atom stereocenters. The Morgan fingerprint density at radius 1 is 1.40 bits per heavy atom. The molecule has 5 nitrogen and oxygen atoms in total. The van der Waals surface area contributed by atoms with E-state index in [1.54, 1.807) is 6.07 Å². The number of nitriles is 1. The molecule has 0 aromatic heterocycles. The largest absolute Gasteiger partial charge is 0.366 e. The number of nitrogens with zero attached hydrogens (tertiary/aromatic N) is 2. The van der Waals surface area contributed by atoms with E-state index < -0.39 is 5.91 Å². The zero-order chi connectivity index (χ0) is 14.9. The zero-order valence-corrected chi connectivity index (χ0v) is 10.9. The quantitative estimate of drug-likeness (QED) is 0.642. The summed E-state index contributed by atoms with van der Waals surface area (Å²) in [6.45, 7) is 5.27. The van der Waals surface area contributed by atoms with Gasteiger partial charge in [0.1, 0.15) is 6.07 Å². The van der Waals surface area contributed by atoms with Gasteiger partial charge in [0.05, 0.1) is 17.0 Å². The van der Waals surface area contributed by atoms with E-state index >= 15 is 0 Å². The minimum absolute atomic E-state index is 0.156. The van der Waals surface area contributed by atoms with Gasteiger partial charge in [-0.25, -0.2) is 4.99 Å². The van der Waals surface area contributed by atoms with Crippen LogP contribution >= 0.6 is 0 Å². The summed E-state index contributed by atoms with van der Waals surface area (Å²) in [6, 6.07) is 9.21. The van der Waals surface area contributed by atoms with Crippen LogP contribution < -0.4 is 5.73 Å². The number of amides is 1. The maximum Gasteiger partial charge on any atom is 0.251 e. The highest BCUT2D eigenvalue weighted by atomic mass is 16.1. The average molecular weight is 264 g/mol. The van der Waals surface area contributed by atoms with E-state index in [0.717, 1.165) is 16.7 Å². The van der Waals surface area contributed by atoms with Gasteiger partial charge in [0, 0.05) is 5.56 Å². The summed E-state index contributed by atoms with van der Waals surface area (Å²) in [6.07, 6.45) is 0. The van der Waals surface area contributed by atoms with Gasteiger partial charge in [-0.15, -0.1) is 0 Å². The summed E-state index contributed by atoms with van der Waals surface area (Å²) in [7, 11) is 0. The summed E-state index contributed by atoms with van der Waals surface area (Å²) >= 11 is 0. The van der Waals surface area contributed by atoms with E-state index in [1.807, 2.05) is 31.2 Å². The molecule has 0 atom stereocenters. The van der Waals surface area contributed by atoms with Gasteiger partial charge < -0.3 is 5.73 Å². The van der Waals surface area contributed by atoms with E-state index in [1.165, 1.54) is 0 Å². The van der Waals surface area contributed by atoms with E-state index in [2.05, 4.69) is 11.6 Å². The van der Waals surface area contributed by atoms with Crippen molar-refractivity contribution in [3.63, 3.8) is 0 Å². The molecule has 0 saturated carbocycles. The van der Waals surface area contributed by atoms with E-state index in [9.17, 15) is 4.79 Å². The Morgan fingerprint density at radius 2 is 2.00 bits per heavy atom. The van der Waals surface area contributed by atoms with Crippen LogP contribution in [0, 0.1) is 16.7 Å². The normalized spacial score (nSPS) is 14.0. The van der Waals surface area contributed by atoms with Crippen molar-refractivity contribution in [2.24, 2.45) is 10.7 Å². The number of hydrogen-bond donors (Lipinski definition) is 2. The Hall–Kier alpha value is -3.00. The molecule has 1 amide bonds. The molecule has 1 aromatic carbocycles. The summed E-state index contributed by atoms with van der Waals surface area (Å²) in [4.78, 5) is 15.2. The number of nitrogens with one attached hydrogen (secondary N) is 1. The fraction of sp³-hybridized carbons (Fsp3) is 0.0667. The lowest BCUT2D eigenvalue weighted by atomic mass is 10.1. The molecular weight excluding hydrogens is 252 g/mol. The smallest absolute Gasteiger partial charge is 0.251 e. The van der Waals surface area contributed by atoms with Crippen molar-refractivity contribution >= 4 is 22.9 Å². The van der Waals surface area contributed by atoms with Crippen molar-refractivity contribution in [2.45, 2.75) is 6.92 Å². The van der Waals surface area contributed by atoms with Crippen molar-refractivity contribution in [2.75, 3.05) is 0 Å². The Bertz CT molecular complexity index is 747. The molecule has 1 aliphatic carbocycles. The number of primary amides is 1. The minimum Gasteiger partial charge on any atom is -0.366 e. The standard InChI is InChI=1S/C15H12N4O/c1-8-10-5-3-4-6-11(10)13(17)14(8)19-12(7-16)9(2)15(18)20/h3-6,17H,2H2,1H3,(H2,18,20)/b17-13?,19-12-. The molecule has 0 radical (unpaired) electrons. The summed E-state index contributed by atoms with van der Waals surface area (Å²) in [5.41, 5.74) is 7.82. The van der Waals surface area contributed by atoms with E-state index in [4.69, 9.17) is 16.4 Å². The second-order valence-corrected chi connectivity index (χ2v) is 4.31. The van der Waals surface area contributed by atoms with Gasteiger partial charge in [-0.05, 0) is 18.1 Å². The highest BCUT2D eigenvalue weighted by molar-refractivity contribution is 6.29. The van der Waals surface area contributed by atoms with Crippen LogP contribution in [0.15, 0.2) is 47.1 Å². The van der Waals surface area contributed by atoms with Crippen LogP contribution in [-0.2, 0) is 4.79 Å². The average Bonchev–Trinajstić information content (AvgIpc) is 2.68. The minimum atomic E-state index is -0.800. The molecular formula is C15H12N4O. The first-order valence-electron chi connectivity index (χ1n) is 5.84. The Morgan fingerprint density at radius 3 is 2.50 bits per heavy atom. The Kier molecular flexibility index (Phi) is 3.32. The van der Waals surface area contributed by atoms with Gasteiger partial charge in [-0.1, -0.05) is 30.8 Å². The SMILES string of the molecule is C=C(C(N)=O)/C(C#N)=N\C1=C(C)c2ccccc2C1=N. The van der Waals surface area contributed by atoms with E-state index in [0.29, 0.717) is 5.70 Å². The van der Waals surface area contributed by atoms with Crippen LogP contribution in [-0.4, -0.2) is 17.3 Å². The molecule has 1 aromatic rings. The number of carbonyl (C=O) groups is 1. The van der Waals surface area contributed by atoms with Gasteiger partial charge >= 0.3 is 0 Å². The number of fused-ring (bicyclic) bond motifs is 1. The second kappa shape index (κ2) is 4.94. The molecule has 20 heavy (non-hydrogen) atoms. The van der Waals surface area contributed by atoms with Crippen molar-refractivity contribution in [3.05, 3.63) is 53.2 Å². The molecule has 1 aliphatic rings. The van der Waals surface area contributed by atoms with Crippen LogP contribution in [0.4, 0.5) is 0 Å². The number of rotatable bonds is 3. The predicted octanol–water partition coefficient (Wildman–Crippen LogP) is 1.81. The van der Waals surface area contributed by atoms with Crippen LogP contribution in [0.1, 0.15) is 18.1 Å². The van der Waals surface area contributed by atoms with Crippen LogP contribution in [0.25, 0.3) is 5.57 Å². The van der Waals surface area contributed by atoms with Gasteiger partial charge in [0.15, 0.2) is 5.71 Å². The van der Waals surface area contributed by atoms with Gasteiger partial charge in [0.25, 0.3) is 5.91 Å². The molecule has 0 bridgehead atoms. The number of allylic oxidation sites excluding steroid dienone is 2. The van der Waals surface area contributed by atoms with Crippen molar-refractivity contribution < 1.29 is 4.79 Å². The maximum absolute atomic E-state index is 11.1. The zero-order valence-electron chi connectivity index (χ0n) is 10.9. The third kappa shape index (κ3) is 2.04. The molecule has 0 fully saturated rings. The van der Waals surface area contributed by atoms with Crippen molar-refractivity contribution in [1.82, 2.24) is 0 Å². The third-order valence-electron chi connectivity index (χ3n) is 3.11. The van der Waals surface area contributed by atoms with E-state index in [-0.39, 0.29) is 17.0 Å². The fourth-order valence-corrected chi connectivity index (χ4v) is 2.00. The molecule has 5 heteroatoms. The number of nitrogens with two attached hydrogens (primary N) is 1. The number of aliphatic imine (C=N–C) groups is 1. The summed E-state index contributed by atoms with van der Waals surface area (Å²) in [5.74, 6) is -0.800. The molecule has 0 heterocycles. The predicted molar refractivity (Wildman–Crippen MR) is 77.2 cm³/mol. The van der Waals surface area contributed by atoms with Crippen LogP contribution in [0.2, 0.25) is 0 Å². The Labute approximate surface area is 116 Å². The van der Waals surface area contributed by atoms with Gasteiger partial charge in [-0.3, -0.25) is 10.2 Å². The van der Waals surface area contributed by atoms with Crippen LogP contribution in [0.5, 0.6) is 0 Å². The van der Waals surface area contributed by atoms with Crippen molar-refractivity contribution in [3.8, 4) is 6.07 Å². The highest BCUT2D eigenvalue weighted by Crippen LogP contribution is 2.33. The first-order valence-corrected chi connectivity index (χ1v) is 5.84. The Balaban J connectivity index is 2.54. The van der Waals surface area contributed by atoms with Crippen molar-refractivity contribution in [1.29, 1.82) is 10.7 Å². The van der Waals surface area contributed by atoms with Gasteiger partial charge in [-0.2, -0.15) is 5.26 Å². The second-order valence-electron chi connectivity index (χ2n) is 4.31. The molecule has 0 aliphatic heterocycles. The molecule has 3 N–H and O–H groups in total. The monoisotopic (exact) mass is 264 g/mol. The maximum atomic E-state index is 11.1. The fourth-order valence-electron chi connectivity index (χ4n) is 2.00. The lowest BCUT2D eigenvalue weighted by Gasteiger charge is -2.01. The lowest BCUT2D eigenvalue weighted by molar-refractivity contribution is -0.114.